The van der Waals surface area contributed by atoms with E-state index in [4.69, 9.17) is 0 Å². The second kappa shape index (κ2) is 4.58. The molecule has 0 saturated carbocycles. The lowest BCUT2D eigenvalue weighted by atomic mass is 10.1. The number of H-pyrrole nitrogens is 1. The van der Waals surface area contributed by atoms with Crippen LogP contribution in [0.2, 0.25) is 0 Å². The number of nitrogens with one attached hydrogen (secondary N) is 2. The van der Waals surface area contributed by atoms with Crippen molar-refractivity contribution in [2.75, 3.05) is 5.32 Å². The molecule has 0 saturated heterocycles. The number of hydrogen-bond donors (Lipinski definition) is 2. The fourth-order valence-corrected chi connectivity index (χ4v) is 2.25. The fourth-order valence-electron chi connectivity index (χ4n) is 2.25. The molecule has 0 aromatic carbocycles. The Bertz CT molecular complexity index is 901. The summed E-state index contributed by atoms with van der Waals surface area (Å²) >= 11 is 0. The predicted molar refractivity (Wildman–Crippen MR) is 77.2 cm³/mol. The molecule has 8 heteroatoms. The van der Waals surface area contributed by atoms with Gasteiger partial charge in [-0.05, 0) is 13.0 Å². The summed E-state index contributed by atoms with van der Waals surface area (Å²) in [6, 6.07) is 1.60. The quantitative estimate of drug-likeness (QED) is 0.719. The Balaban J connectivity index is 2.11. The van der Waals surface area contributed by atoms with Gasteiger partial charge in [-0.25, -0.2) is 4.98 Å². The topological polar surface area (TPSA) is 97.6 Å². The molecule has 3 rings (SSSR count). The van der Waals surface area contributed by atoms with Crippen LogP contribution in [0, 0.1) is 6.92 Å². The van der Waals surface area contributed by atoms with E-state index in [1.807, 2.05) is 0 Å². The summed E-state index contributed by atoms with van der Waals surface area (Å²) in [5.74, 6) is -0.366. The molecule has 2 N–H and O–H groups in total. The normalized spacial score (nSPS) is 11.0. The second-order valence-electron chi connectivity index (χ2n) is 4.87. The molecular formula is C13H14N6O2. The van der Waals surface area contributed by atoms with E-state index >= 15 is 0 Å². The maximum absolute atomic E-state index is 12.4. The molecule has 108 valence electrons. The third-order valence-corrected chi connectivity index (χ3v) is 3.15. The molecule has 0 bridgehead atoms. The number of fused-ring (bicyclic) bond motifs is 1. The first-order chi connectivity index (χ1) is 9.95. The van der Waals surface area contributed by atoms with Crippen molar-refractivity contribution in [3.63, 3.8) is 0 Å². The van der Waals surface area contributed by atoms with Crippen molar-refractivity contribution in [1.82, 2.24) is 24.5 Å². The molecule has 1 amide bonds. The molecule has 3 aromatic heterocycles. The highest BCUT2D eigenvalue weighted by atomic mass is 16.2. The van der Waals surface area contributed by atoms with Crippen LogP contribution in [0.5, 0.6) is 0 Å². The molecule has 0 unspecified atom stereocenters. The van der Waals surface area contributed by atoms with E-state index < -0.39 is 0 Å². The van der Waals surface area contributed by atoms with E-state index in [2.05, 4.69) is 20.5 Å². The van der Waals surface area contributed by atoms with E-state index in [9.17, 15) is 9.59 Å². The highest BCUT2D eigenvalue weighted by Gasteiger charge is 2.18. The number of carbonyl (C=O) groups excluding carboxylic acids is 1. The number of rotatable bonds is 2. The van der Waals surface area contributed by atoms with Crippen molar-refractivity contribution in [3.8, 4) is 0 Å². The smallest absolute Gasteiger partial charge is 0.274 e. The van der Waals surface area contributed by atoms with Crippen LogP contribution in [-0.2, 0) is 14.1 Å². The minimum Gasteiger partial charge on any atom is -0.319 e. The number of aryl methyl sites for hydroxylation is 3. The average Bonchev–Trinajstić information content (AvgIpc) is 2.93. The van der Waals surface area contributed by atoms with Gasteiger partial charge in [0.1, 0.15) is 0 Å². The summed E-state index contributed by atoms with van der Waals surface area (Å²) in [5.41, 5.74) is 1.64. The molecule has 0 aliphatic rings. The lowest BCUT2D eigenvalue weighted by Gasteiger charge is -2.05. The summed E-state index contributed by atoms with van der Waals surface area (Å²) in [5, 5.41) is 9.60. The molecule has 0 aliphatic heterocycles. The first kappa shape index (κ1) is 13.1. The summed E-state index contributed by atoms with van der Waals surface area (Å²) in [6.45, 7) is 1.78. The van der Waals surface area contributed by atoms with Crippen LogP contribution in [0.1, 0.15) is 16.1 Å². The van der Waals surface area contributed by atoms with Crippen molar-refractivity contribution < 1.29 is 4.79 Å². The Morgan fingerprint density at radius 3 is 2.81 bits per heavy atom. The third kappa shape index (κ3) is 2.20. The molecule has 0 fully saturated rings. The Kier molecular flexibility index (Phi) is 2.86. The second-order valence-corrected chi connectivity index (χ2v) is 4.87. The third-order valence-electron chi connectivity index (χ3n) is 3.15. The van der Waals surface area contributed by atoms with Crippen LogP contribution in [0.25, 0.3) is 11.0 Å². The van der Waals surface area contributed by atoms with Crippen LogP contribution < -0.4 is 10.9 Å². The molecule has 3 aromatic rings. The number of anilines is 1. The molecule has 8 nitrogen and oxygen atoms in total. The standard InChI is InChI=1S/C13H14N6O2/c1-7-4-9(10-11(15-7)19(3)17-13(10)21)12(20)16-8-5-14-18(2)6-8/h4-6H,1-3H3,(H,16,20)(H,17,21). The van der Waals surface area contributed by atoms with Gasteiger partial charge in [0.25, 0.3) is 11.5 Å². The minimum absolute atomic E-state index is 0.282. The van der Waals surface area contributed by atoms with Crippen LogP contribution >= 0.6 is 0 Å². The van der Waals surface area contributed by atoms with Gasteiger partial charge < -0.3 is 5.32 Å². The molecule has 0 aliphatic carbocycles. The number of carbonyl (C=O) groups is 1. The summed E-state index contributed by atoms with van der Waals surface area (Å²) in [4.78, 5) is 28.7. The molecular weight excluding hydrogens is 272 g/mol. The minimum atomic E-state index is -0.366. The van der Waals surface area contributed by atoms with E-state index in [1.54, 1.807) is 44.2 Å². The number of aromatic amines is 1. The Morgan fingerprint density at radius 2 is 2.14 bits per heavy atom. The monoisotopic (exact) mass is 286 g/mol. The van der Waals surface area contributed by atoms with E-state index in [0.29, 0.717) is 22.6 Å². The Hall–Kier alpha value is -2.90. The number of aromatic nitrogens is 5. The summed E-state index contributed by atoms with van der Waals surface area (Å²) < 4.78 is 3.09. The summed E-state index contributed by atoms with van der Waals surface area (Å²) in [7, 11) is 3.44. The lowest BCUT2D eigenvalue weighted by molar-refractivity contribution is 0.102. The van der Waals surface area contributed by atoms with Gasteiger partial charge >= 0.3 is 0 Å². The van der Waals surface area contributed by atoms with Gasteiger partial charge in [0, 0.05) is 26.0 Å². The maximum Gasteiger partial charge on any atom is 0.274 e. The summed E-state index contributed by atoms with van der Waals surface area (Å²) in [6.07, 6.45) is 3.22. The van der Waals surface area contributed by atoms with Crippen molar-refractivity contribution in [2.24, 2.45) is 14.1 Å². The zero-order valence-electron chi connectivity index (χ0n) is 11.8. The van der Waals surface area contributed by atoms with Crippen molar-refractivity contribution in [2.45, 2.75) is 6.92 Å². The van der Waals surface area contributed by atoms with Crippen LogP contribution in [0.4, 0.5) is 5.69 Å². The molecule has 0 atom stereocenters. The number of amides is 1. The van der Waals surface area contributed by atoms with Crippen molar-refractivity contribution >= 4 is 22.6 Å². The lowest BCUT2D eigenvalue weighted by Crippen LogP contribution is -2.15. The Morgan fingerprint density at radius 1 is 1.38 bits per heavy atom. The predicted octanol–water partition coefficient (Wildman–Crippen LogP) is 0.556. The van der Waals surface area contributed by atoms with Crippen molar-refractivity contribution in [3.05, 3.63) is 40.1 Å². The molecule has 3 heterocycles. The van der Waals surface area contributed by atoms with Crippen LogP contribution in [0.15, 0.2) is 23.3 Å². The zero-order chi connectivity index (χ0) is 15.1. The Labute approximate surface area is 119 Å². The van der Waals surface area contributed by atoms with Crippen LogP contribution in [-0.4, -0.2) is 30.5 Å². The number of hydrogen-bond acceptors (Lipinski definition) is 4. The van der Waals surface area contributed by atoms with Gasteiger partial charge in [-0.1, -0.05) is 0 Å². The van der Waals surface area contributed by atoms with Crippen molar-refractivity contribution in [1.29, 1.82) is 0 Å². The van der Waals surface area contributed by atoms with Gasteiger partial charge in [0.15, 0.2) is 5.65 Å². The van der Waals surface area contributed by atoms with E-state index in [0.717, 1.165) is 0 Å². The molecule has 0 radical (unpaired) electrons. The highest BCUT2D eigenvalue weighted by molar-refractivity contribution is 6.11. The maximum atomic E-state index is 12.4. The van der Waals surface area contributed by atoms with E-state index in [1.165, 1.54) is 4.68 Å². The van der Waals surface area contributed by atoms with Gasteiger partial charge in [-0.2, -0.15) is 5.10 Å². The largest absolute Gasteiger partial charge is 0.319 e. The van der Waals surface area contributed by atoms with Gasteiger partial charge in [-0.15, -0.1) is 0 Å². The first-order valence-electron chi connectivity index (χ1n) is 6.32. The van der Waals surface area contributed by atoms with Gasteiger partial charge in [0.05, 0.1) is 22.8 Å². The SMILES string of the molecule is Cc1cc(C(=O)Nc2cnn(C)c2)c2c(=O)[nH]n(C)c2n1. The van der Waals surface area contributed by atoms with Crippen LogP contribution in [0.3, 0.4) is 0 Å². The zero-order valence-corrected chi connectivity index (χ0v) is 11.8. The fraction of sp³-hybridized carbons (Fsp3) is 0.231. The number of pyridine rings is 1. The first-order valence-corrected chi connectivity index (χ1v) is 6.32. The highest BCUT2D eigenvalue weighted by Crippen LogP contribution is 2.16. The average molecular weight is 286 g/mol. The molecule has 0 spiro atoms. The number of nitrogens with zero attached hydrogens (tertiary/aromatic N) is 4. The van der Waals surface area contributed by atoms with E-state index in [-0.39, 0.29) is 16.9 Å². The van der Waals surface area contributed by atoms with Gasteiger partial charge in [0.2, 0.25) is 0 Å². The molecule has 21 heavy (non-hydrogen) atoms. The van der Waals surface area contributed by atoms with Gasteiger partial charge in [-0.3, -0.25) is 24.1 Å².